The van der Waals surface area contributed by atoms with Gasteiger partial charge in [0, 0.05) is 12.0 Å². The van der Waals surface area contributed by atoms with Crippen molar-refractivity contribution in [2.24, 2.45) is 5.16 Å². The number of aliphatic carboxylic acids is 1. The molecule has 0 atom stereocenters. The quantitative estimate of drug-likeness (QED) is 0.472. The average molecular weight is 332 g/mol. The van der Waals surface area contributed by atoms with Gasteiger partial charge >= 0.3 is 5.97 Å². The highest BCUT2D eigenvalue weighted by Gasteiger charge is 2.08. The van der Waals surface area contributed by atoms with E-state index >= 15 is 0 Å². The van der Waals surface area contributed by atoms with E-state index in [1.165, 1.54) is 0 Å². The number of carboxylic acid groups (broad SMARTS) is 1. The van der Waals surface area contributed by atoms with Crippen molar-refractivity contribution in [3.63, 3.8) is 0 Å². The molecular weight excluding hydrogens is 317 g/mol. The highest BCUT2D eigenvalue weighted by molar-refractivity contribution is 9.10. The molecule has 104 valence electrons. The van der Waals surface area contributed by atoms with E-state index in [0.717, 1.165) is 0 Å². The Morgan fingerprint density at radius 2 is 2.21 bits per heavy atom. The summed E-state index contributed by atoms with van der Waals surface area (Å²) < 4.78 is 14.1. The molecule has 0 aliphatic heterocycles. The van der Waals surface area contributed by atoms with Crippen molar-refractivity contribution in [3.8, 4) is 0 Å². The van der Waals surface area contributed by atoms with Crippen LogP contribution in [0.3, 0.4) is 0 Å². The summed E-state index contributed by atoms with van der Waals surface area (Å²) >= 11 is 3.10. The molecule has 0 amide bonds. The Kier molecular flexibility index (Phi) is 6.49. The fourth-order valence-corrected chi connectivity index (χ4v) is 1.78. The van der Waals surface area contributed by atoms with Gasteiger partial charge in [-0.05, 0) is 41.8 Å². The number of rotatable bonds is 7. The number of benzene rings is 1. The molecule has 0 spiro atoms. The van der Waals surface area contributed by atoms with Gasteiger partial charge in [0.1, 0.15) is 12.4 Å². The summed E-state index contributed by atoms with van der Waals surface area (Å²) in [6.45, 7) is 1.97. The van der Waals surface area contributed by atoms with Crippen LogP contribution in [0.1, 0.15) is 31.7 Å². The Bertz CT molecular complexity index is 477. The lowest BCUT2D eigenvalue weighted by Crippen LogP contribution is -2.02. The predicted molar refractivity (Wildman–Crippen MR) is 73.7 cm³/mol. The Hall–Kier alpha value is -1.43. The van der Waals surface area contributed by atoms with Crippen molar-refractivity contribution in [3.05, 3.63) is 34.1 Å². The van der Waals surface area contributed by atoms with Gasteiger partial charge in [-0.2, -0.15) is 0 Å². The second-order valence-corrected chi connectivity index (χ2v) is 4.82. The van der Waals surface area contributed by atoms with E-state index in [1.807, 2.05) is 0 Å². The molecule has 0 aliphatic carbocycles. The van der Waals surface area contributed by atoms with Crippen LogP contribution in [0.15, 0.2) is 27.8 Å². The molecule has 1 aromatic rings. The minimum Gasteiger partial charge on any atom is -0.481 e. The van der Waals surface area contributed by atoms with E-state index in [2.05, 4.69) is 21.1 Å². The molecule has 0 saturated carbocycles. The lowest BCUT2D eigenvalue weighted by molar-refractivity contribution is -0.137. The van der Waals surface area contributed by atoms with Crippen LogP contribution in [0.2, 0.25) is 0 Å². The van der Waals surface area contributed by atoms with Crippen molar-refractivity contribution >= 4 is 27.6 Å². The number of hydrogen-bond donors (Lipinski definition) is 1. The zero-order valence-electron chi connectivity index (χ0n) is 10.5. The first kappa shape index (κ1) is 15.6. The normalized spacial score (nSPS) is 11.4. The van der Waals surface area contributed by atoms with Crippen molar-refractivity contribution in [2.75, 3.05) is 6.61 Å². The number of unbranched alkanes of at least 4 members (excludes halogenated alkanes) is 1. The van der Waals surface area contributed by atoms with Crippen molar-refractivity contribution < 1.29 is 19.1 Å². The van der Waals surface area contributed by atoms with E-state index in [1.54, 1.807) is 25.1 Å². The number of carboxylic acids is 1. The zero-order valence-corrected chi connectivity index (χ0v) is 12.1. The largest absolute Gasteiger partial charge is 0.481 e. The topological polar surface area (TPSA) is 58.9 Å². The number of hydrogen-bond acceptors (Lipinski definition) is 3. The molecule has 4 nitrogen and oxygen atoms in total. The van der Waals surface area contributed by atoms with Crippen LogP contribution in [-0.4, -0.2) is 23.4 Å². The highest BCUT2D eigenvalue weighted by Crippen LogP contribution is 2.19. The van der Waals surface area contributed by atoms with E-state index in [0.29, 0.717) is 35.2 Å². The second kappa shape index (κ2) is 7.89. The minimum atomic E-state index is -0.823. The molecule has 0 fully saturated rings. The SMILES string of the molecule is CC(=NOCCCCC(=O)O)c1cccc(Br)c1F. The van der Waals surface area contributed by atoms with E-state index in [4.69, 9.17) is 9.94 Å². The maximum absolute atomic E-state index is 13.7. The molecular formula is C13H15BrFNO3. The van der Waals surface area contributed by atoms with Crippen LogP contribution >= 0.6 is 15.9 Å². The third-order valence-corrected chi connectivity index (χ3v) is 3.03. The molecule has 0 bridgehead atoms. The lowest BCUT2D eigenvalue weighted by atomic mass is 10.1. The molecule has 0 aliphatic rings. The van der Waals surface area contributed by atoms with Gasteiger partial charge in [0.05, 0.1) is 10.2 Å². The van der Waals surface area contributed by atoms with Crippen molar-refractivity contribution in [2.45, 2.75) is 26.2 Å². The lowest BCUT2D eigenvalue weighted by Gasteiger charge is -2.04. The van der Waals surface area contributed by atoms with E-state index < -0.39 is 5.97 Å². The predicted octanol–water partition coefficient (Wildman–Crippen LogP) is 3.58. The monoisotopic (exact) mass is 331 g/mol. The number of halogens is 2. The van der Waals surface area contributed by atoms with Gasteiger partial charge in [-0.25, -0.2) is 4.39 Å². The van der Waals surface area contributed by atoms with Crippen LogP contribution in [-0.2, 0) is 9.63 Å². The van der Waals surface area contributed by atoms with Crippen LogP contribution in [0.4, 0.5) is 4.39 Å². The highest BCUT2D eigenvalue weighted by atomic mass is 79.9. The first-order valence-corrected chi connectivity index (χ1v) is 6.64. The maximum Gasteiger partial charge on any atom is 0.303 e. The number of carbonyl (C=O) groups is 1. The van der Waals surface area contributed by atoms with Gasteiger partial charge in [-0.3, -0.25) is 4.79 Å². The summed E-state index contributed by atoms with van der Waals surface area (Å²) in [5, 5.41) is 12.3. The van der Waals surface area contributed by atoms with Crippen LogP contribution in [0.25, 0.3) is 0 Å². The summed E-state index contributed by atoms with van der Waals surface area (Å²) in [5.41, 5.74) is 0.817. The third-order valence-electron chi connectivity index (χ3n) is 2.42. The molecule has 0 saturated heterocycles. The second-order valence-electron chi connectivity index (χ2n) is 3.96. The Balaban J connectivity index is 2.44. The summed E-state index contributed by atoms with van der Waals surface area (Å²) in [4.78, 5) is 15.3. The zero-order chi connectivity index (χ0) is 14.3. The third kappa shape index (κ3) is 5.38. The Morgan fingerprint density at radius 1 is 1.47 bits per heavy atom. The van der Waals surface area contributed by atoms with Crippen LogP contribution in [0, 0.1) is 5.82 Å². The van der Waals surface area contributed by atoms with Gasteiger partial charge in [0.2, 0.25) is 0 Å². The van der Waals surface area contributed by atoms with Gasteiger partial charge < -0.3 is 9.94 Å². The number of oxime groups is 1. The van der Waals surface area contributed by atoms with Gasteiger partial charge in [0.25, 0.3) is 0 Å². The summed E-state index contributed by atoms with van der Waals surface area (Å²) in [7, 11) is 0. The van der Waals surface area contributed by atoms with Gasteiger partial charge in [-0.15, -0.1) is 0 Å². The molecule has 1 N–H and O–H groups in total. The Morgan fingerprint density at radius 3 is 2.89 bits per heavy atom. The van der Waals surface area contributed by atoms with Crippen LogP contribution < -0.4 is 0 Å². The fraction of sp³-hybridized carbons (Fsp3) is 0.385. The standard InChI is InChI=1S/C13H15BrFNO3/c1-9(10-5-4-6-11(14)13(10)15)16-19-8-3-2-7-12(17)18/h4-6H,2-3,7-8H2,1H3,(H,17,18). The molecule has 19 heavy (non-hydrogen) atoms. The molecule has 1 rings (SSSR count). The molecule has 0 heterocycles. The summed E-state index contributed by atoms with van der Waals surface area (Å²) in [6, 6.07) is 4.94. The molecule has 6 heteroatoms. The smallest absolute Gasteiger partial charge is 0.303 e. The average Bonchev–Trinajstić information content (AvgIpc) is 2.36. The maximum atomic E-state index is 13.7. The van der Waals surface area contributed by atoms with Crippen molar-refractivity contribution in [1.82, 2.24) is 0 Å². The van der Waals surface area contributed by atoms with E-state index in [9.17, 15) is 9.18 Å². The molecule has 0 unspecified atom stereocenters. The molecule has 1 aromatic carbocycles. The Labute approximate surface area is 119 Å². The van der Waals surface area contributed by atoms with Gasteiger partial charge in [-0.1, -0.05) is 17.3 Å². The van der Waals surface area contributed by atoms with Gasteiger partial charge in [0.15, 0.2) is 0 Å². The summed E-state index contributed by atoms with van der Waals surface area (Å²) in [6.07, 6.45) is 1.26. The first-order valence-electron chi connectivity index (χ1n) is 5.85. The van der Waals surface area contributed by atoms with Crippen LogP contribution in [0.5, 0.6) is 0 Å². The molecule has 0 radical (unpaired) electrons. The van der Waals surface area contributed by atoms with E-state index in [-0.39, 0.29) is 12.2 Å². The molecule has 0 aromatic heterocycles. The summed E-state index contributed by atoms with van der Waals surface area (Å²) in [5.74, 6) is -1.20. The number of nitrogens with zero attached hydrogens (tertiary/aromatic N) is 1. The fourth-order valence-electron chi connectivity index (χ4n) is 1.42. The van der Waals surface area contributed by atoms with Crippen molar-refractivity contribution in [1.29, 1.82) is 0 Å². The minimum absolute atomic E-state index is 0.117. The first-order chi connectivity index (χ1) is 9.02.